The quantitative estimate of drug-likeness (QED) is 0.496. The summed E-state index contributed by atoms with van der Waals surface area (Å²) in [4.78, 5) is 0.230. The van der Waals surface area contributed by atoms with Gasteiger partial charge in [0, 0.05) is 11.1 Å². The smallest absolute Gasteiger partial charge is 0.182 e. The Hall–Kier alpha value is -2.64. The Labute approximate surface area is 163 Å². The van der Waals surface area contributed by atoms with Gasteiger partial charge in [-0.25, -0.2) is 13.1 Å². The first-order valence-electron chi connectivity index (χ1n) is 8.31. The van der Waals surface area contributed by atoms with Crippen LogP contribution in [0.5, 0.6) is 0 Å². The minimum absolute atomic E-state index is 0.230. The second-order valence-corrected chi connectivity index (χ2v) is 9.02. The summed E-state index contributed by atoms with van der Waals surface area (Å²) in [6.45, 7) is 3.32. The van der Waals surface area contributed by atoms with Crippen LogP contribution in [0.2, 0.25) is 5.02 Å². The molecule has 0 aliphatic heterocycles. The number of benzene rings is 2. The Bertz CT molecular complexity index is 1060. The van der Waals surface area contributed by atoms with Crippen LogP contribution >= 0.6 is 11.6 Å². The molecule has 140 valence electrons. The van der Waals surface area contributed by atoms with E-state index < -0.39 is 15.1 Å². The maximum atomic E-state index is 12.7. The topological polar surface area (TPSA) is 76.3 Å². The highest BCUT2D eigenvalue weighted by Gasteiger charge is 2.24. The Morgan fingerprint density at radius 3 is 2.52 bits per heavy atom. The molecule has 0 spiro atoms. The molecule has 3 aromatic rings. The molecule has 1 heterocycles. The van der Waals surface area contributed by atoms with E-state index in [0.29, 0.717) is 16.5 Å². The number of anilines is 1. The van der Waals surface area contributed by atoms with Crippen molar-refractivity contribution in [2.75, 3.05) is 5.43 Å². The van der Waals surface area contributed by atoms with Crippen LogP contribution in [0.3, 0.4) is 0 Å². The van der Waals surface area contributed by atoms with Crippen LogP contribution in [0.1, 0.15) is 19.4 Å². The molecule has 0 bridgehead atoms. The molecule has 0 fully saturated rings. The first kappa shape index (κ1) is 19.1. The highest BCUT2D eigenvalue weighted by Crippen LogP contribution is 2.25. The molecule has 0 radical (unpaired) electrons. The lowest BCUT2D eigenvalue weighted by Gasteiger charge is -2.14. The van der Waals surface area contributed by atoms with Gasteiger partial charge in [-0.05, 0) is 43.7 Å². The zero-order valence-electron chi connectivity index (χ0n) is 14.9. The van der Waals surface area contributed by atoms with E-state index in [4.69, 9.17) is 11.6 Å². The fourth-order valence-corrected chi connectivity index (χ4v) is 3.78. The summed E-state index contributed by atoms with van der Waals surface area (Å²) in [7, 11) is -3.46. The van der Waals surface area contributed by atoms with E-state index in [-0.39, 0.29) is 4.90 Å². The molecule has 3 rings (SSSR count). The summed E-state index contributed by atoms with van der Waals surface area (Å²) in [5.41, 5.74) is 4.25. The number of hydrogen-bond donors (Lipinski definition) is 1. The van der Waals surface area contributed by atoms with Gasteiger partial charge in [0.2, 0.25) is 0 Å². The number of hydrazone groups is 1. The first-order valence-corrected chi connectivity index (χ1v) is 10.2. The zero-order valence-corrected chi connectivity index (χ0v) is 16.4. The molecular formula is C19H19ClN4O2S. The summed E-state index contributed by atoms with van der Waals surface area (Å²) >= 11 is 5.87. The van der Waals surface area contributed by atoms with Gasteiger partial charge in [-0.2, -0.15) is 10.2 Å². The van der Waals surface area contributed by atoms with Gasteiger partial charge in [0.1, 0.15) is 5.82 Å². The van der Waals surface area contributed by atoms with Gasteiger partial charge < -0.3 is 0 Å². The third kappa shape index (κ3) is 4.20. The molecule has 27 heavy (non-hydrogen) atoms. The third-order valence-electron chi connectivity index (χ3n) is 3.93. The maximum absolute atomic E-state index is 12.7. The van der Waals surface area contributed by atoms with Crippen molar-refractivity contribution in [3.05, 3.63) is 71.4 Å². The summed E-state index contributed by atoms with van der Waals surface area (Å²) in [5.74, 6) is 0.548. The molecule has 0 atom stereocenters. The van der Waals surface area contributed by atoms with E-state index >= 15 is 0 Å². The Kier molecular flexibility index (Phi) is 5.62. The number of hydrogen-bond acceptors (Lipinski definition) is 5. The van der Waals surface area contributed by atoms with Gasteiger partial charge in [0.05, 0.1) is 28.2 Å². The van der Waals surface area contributed by atoms with Crippen molar-refractivity contribution < 1.29 is 8.42 Å². The second-order valence-electron chi connectivity index (χ2n) is 6.11. The zero-order chi connectivity index (χ0) is 19.4. The predicted molar refractivity (Wildman–Crippen MR) is 109 cm³/mol. The van der Waals surface area contributed by atoms with Gasteiger partial charge >= 0.3 is 0 Å². The number of aromatic nitrogens is 2. The van der Waals surface area contributed by atoms with Crippen LogP contribution in [0.25, 0.3) is 5.69 Å². The lowest BCUT2D eigenvalue weighted by atomic mass is 10.2. The Morgan fingerprint density at radius 1 is 1.11 bits per heavy atom. The van der Waals surface area contributed by atoms with Crippen molar-refractivity contribution in [3.63, 3.8) is 0 Å². The van der Waals surface area contributed by atoms with E-state index in [1.807, 2.05) is 12.1 Å². The molecule has 6 nitrogen and oxygen atoms in total. The molecule has 0 saturated carbocycles. The number of nitrogens with zero attached hydrogens (tertiary/aromatic N) is 3. The number of rotatable bonds is 6. The summed E-state index contributed by atoms with van der Waals surface area (Å²) in [6.07, 6.45) is 3.23. The van der Waals surface area contributed by atoms with E-state index in [9.17, 15) is 8.42 Å². The predicted octanol–water partition coefficient (Wildman–Crippen LogP) is 4.15. The molecule has 0 aliphatic rings. The first-order chi connectivity index (χ1) is 12.9. The SMILES string of the molecule is CC(C)S(=O)(=O)c1ccccc1-n1nccc1N/N=C/c1ccc(Cl)cc1. The van der Waals surface area contributed by atoms with Crippen molar-refractivity contribution in [2.24, 2.45) is 5.10 Å². The minimum atomic E-state index is -3.46. The van der Waals surface area contributed by atoms with Crippen LogP contribution in [0.4, 0.5) is 5.82 Å². The van der Waals surface area contributed by atoms with Gasteiger partial charge in [0.25, 0.3) is 0 Å². The lowest BCUT2D eigenvalue weighted by molar-refractivity contribution is 0.586. The average molecular weight is 403 g/mol. The Balaban J connectivity index is 1.91. The number of nitrogens with one attached hydrogen (secondary N) is 1. The molecule has 8 heteroatoms. The average Bonchev–Trinajstić information content (AvgIpc) is 3.11. The molecule has 0 saturated heterocycles. The minimum Gasteiger partial charge on any atom is -0.261 e. The molecule has 0 amide bonds. The van der Waals surface area contributed by atoms with Gasteiger partial charge in [-0.15, -0.1) is 0 Å². The van der Waals surface area contributed by atoms with Crippen molar-refractivity contribution in [1.82, 2.24) is 9.78 Å². The highest BCUT2D eigenvalue weighted by atomic mass is 35.5. The fraction of sp³-hybridized carbons (Fsp3) is 0.158. The van der Waals surface area contributed by atoms with Crippen LogP contribution in [0, 0.1) is 0 Å². The second kappa shape index (κ2) is 7.94. The molecule has 2 aromatic carbocycles. The summed E-state index contributed by atoms with van der Waals surface area (Å²) < 4.78 is 26.9. The molecule has 1 aromatic heterocycles. The normalized spacial score (nSPS) is 12.0. The summed E-state index contributed by atoms with van der Waals surface area (Å²) in [6, 6.07) is 15.7. The van der Waals surface area contributed by atoms with Crippen molar-refractivity contribution in [3.8, 4) is 5.69 Å². The molecule has 0 unspecified atom stereocenters. The van der Waals surface area contributed by atoms with Crippen LogP contribution < -0.4 is 5.43 Å². The van der Waals surface area contributed by atoms with Crippen LogP contribution in [-0.4, -0.2) is 29.7 Å². The van der Waals surface area contributed by atoms with E-state index in [1.165, 1.54) is 4.68 Å². The van der Waals surface area contributed by atoms with Crippen molar-refractivity contribution in [1.29, 1.82) is 0 Å². The largest absolute Gasteiger partial charge is 0.261 e. The van der Waals surface area contributed by atoms with Crippen molar-refractivity contribution >= 4 is 33.5 Å². The fourth-order valence-electron chi connectivity index (χ4n) is 2.43. The summed E-state index contributed by atoms with van der Waals surface area (Å²) in [5, 5.41) is 8.57. The van der Waals surface area contributed by atoms with Crippen LogP contribution in [-0.2, 0) is 9.84 Å². The van der Waals surface area contributed by atoms with Gasteiger partial charge in [0.15, 0.2) is 9.84 Å². The number of para-hydroxylation sites is 1. The molecular weight excluding hydrogens is 384 g/mol. The molecule has 1 N–H and O–H groups in total. The monoisotopic (exact) mass is 402 g/mol. The maximum Gasteiger partial charge on any atom is 0.182 e. The van der Waals surface area contributed by atoms with E-state index in [2.05, 4.69) is 15.6 Å². The van der Waals surface area contributed by atoms with Crippen molar-refractivity contribution in [2.45, 2.75) is 24.0 Å². The standard InChI is InChI=1S/C19H19ClN4O2S/c1-14(2)27(25,26)18-6-4-3-5-17(18)24-19(11-12-22-24)23-21-13-15-7-9-16(20)10-8-15/h3-14,23H,1-2H3/b21-13+. The van der Waals surface area contributed by atoms with E-state index in [0.717, 1.165) is 5.56 Å². The Morgan fingerprint density at radius 2 is 1.81 bits per heavy atom. The van der Waals surface area contributed by atoms with Gasteiger partial charge in [-0.1, -0.05) is 35.9 Å². The van der Waals surface area contributed by atoms with Gasteiger partial charge in [-0.3, -0.25) is 5.43 Å². The van der Waals surface area contributed by atoms with Crippen LogP contribution in [0.15, 0.2) is 70.8 Å². The van der Waals surface area contributed by atoms with E-state index in [1.54, 1.807) is 68.7 Å². The lowest BCUT2D eigenvalue weighted by Crippen LogP contribution is -2.17. The third-order valence-corrected chi connectivity index (χ3v) is 6.38. The highest BCUT2D eigenvalue weighted by molar-refractivity contribution is 7.92. The number of sulfone groups is 1. The molecule has 0 aliphatic carbocycles. The number of halogens is 1.